The summed E-state index contributed by atoms with van der Waals surface area (Å²) in [6.07, 6.45) is 1.89. The molecule has 4 heteroatoms. The monoisotopic (exact) mass is 917 g/mol. The van der Waals surface area contributed by atoms with E-state index in [0.717, 1.165) is 66.8 Å². The van der Waals surface area contributed by atoms with Crippen molar-refractivity contribution in [2.75, 3.05) is 0 Å². The van der Waals surface area contributed by atoms with Crippen molar-refractivity contribution in [2.24, 2.45) is 0 Å². The number of para-hydroxylation sites is 1. The second-order valence-corrected chi connectivity index (χ2v) is 24.1. The van der Waals surface area contributed by atoms with Gasteiger partial charge < -0.3 is 5.11 Å². The van der Waals surface area contributed by atoms with Crippen molar-refractivity contribution >= 4 is 11.0 Å². The van der Waals surface area contributed by atoms with Crippen LogP contribution in [0.2, 0.25) is 0 Å². The Labute approximate surface area is 418 Å². The van der Waals surface area contributed by atoms with Crippen LogP contribution in [-0.2, 0) is 21.7 Å². The van der Waals surface area contributed by atoms with Gasteiger partial charge in [-0.05, 0) is 156 Å². The molecule has 8 aromatic rings. The molecule has 69 heavy (non-hydrogen) atoms. The van der Waals surface area contributed by atoms with E-state index in [9.17, 15) is 9.22 Å². The Balaban J connectivity index is 1.41. The zero-order valence-electron chi connectivity index (χ0n) is 47.1. The van der Waals surface area contributed by atoms with Gasteiger partial charge in [-0.2, -0.15) is 0 Å². The summed E-state index contributed by atoms with van der Waals surface area (Å²) in [5.74, 6) is 0.789. The summed E-state index contributed by atoms with van der Waals surface area (Å²) in [5, 5.41) is 12.4. The molecule has 0 aliphatic carbocycles. The number of aryl methyl sites for hydroxylation is 1. The molecule has 0 aliphatic heterocycles. The maximum absolute atomic E-state index is 12.4. The molecule has 2 heterocycles. The van der Waals surface area contributed by atoms with Gasteiger partial charge in [-0.25, -0.2) is 4.98 Å². The number of hydrogen-bond acceptors (Lipinski definition) is 3. The number of nitrogens with zero attached hydrogens (tertiary/aromatic N) is 3. The summed E-state index contributed by atoms with van der Waals surface area (Å²) in [5.41, 5.74) is 16.6. The smallest absolute Gasteiger partial charge is 0.149 e. The van der Waals surface area contributed by atoms with Gasteiger partial charge in [-0.3, -0.25) is 9.55 Å². The molecule has 1 N–H and O–H groups in total. The fourth-order valence-corrected chi connectivity index (χ4v) is 9.25. The van der Waals surface area contributed by atoms with Gasteiger partial charge in [-0.15, -0.1) is 0 Å². The molecular weight excluding hydrogens is 839 g/mol. The van der Waals surface area contributed by atoms with Crippen LogP contribution in [-0.4, -0.2) is 19.6 Å². The SMILES string of the molecule is [2H]C([2H])([2H])c1cc(-c2cc(C(C)(C)C)cc(C(C)(C)C)c2)ccc1-n1c(-c2cc(C(C)C)cc(C(C)C)c2O)nc2c(-c3cc(-c4cc(-c5ccc(C(C)(C)C)cc5)ccn4)cc(C(C)(C)C)c3)cccc21. The van der Waals surface area contributed by atoms with Gasteiger partial charge in [0.05, 0.1) is 28.0 Å². The number of pyridine rings is 1. The van der Waals surface area contributed by atoms with E-state index in [2.05, 4.69) is 196 Å². The van der Waals surface area contributed by atoms with Gasteiger partial charge in [0, 0.05) is 21.4 Å². The lowest BCUT2D eigenvalue weighted by atomic mass is 9.79. The number of hydrogen-bond donors (Lipinski definition) is 1. The van der Waals surface area contributed by atoms with Crippen molar-refractivity contribution in [3.63, 3.8) is 0 Å². The van der Waals surface area contributed by atoms with E-state index in [1.165, 1.54) is 16.7 Å². The minimum absolute atomic E-state index is 0.0171. The number of phenols is 1. The van der Waals surface area contributed by atoms with E-state index >= 15 is 0 Å². The number of phenolic OH excluding ortho intramolecular Hbond substituents is 1. The Morgan fingerprint density at radius 3 is 1.68 bits per heavy atom. The van der Waals surface area contributed by atoms with E-state index in [-0.39, 0.29) is 44.8 Å². The van der Waals surface area contributed by atoms with E-state index in [0.29, 0.717) is 22.6 Å². The summed E-state index contributed by atoms with van der Waals surface area (Å²) in [4.78, 5) is 10.5. The minimum atomic E-state index is -2.51. The van der Waals surface area contributed by atoms with Crippen LogP contribution >= 0.6 is 0 Å². The molecule has 0 amide bonds. The van der Waals surface area contributed by atoms with Crippen molar-refractivity contribution in [1.82, 2.24) is 14.5 Å². The number of aromatic hydroxyl groups is 1. The summed E-state index contributed by atoms with van der Waals surface area (Å²) >= 11 is 0. The van der Waals surface area contributed by atoms with Crippen LogP contribution in [0.4, 0.5) is 0 Å². The summed E-state index contributed by atoms with van der Waals surface area (Å²) in [6.45, 7) is 32.6. The second-order valence-electron chi connectivity index (χ2n) is 24.1. The highest BCUT2D eigenvalue weighted by Gasteiger charge is 2.27. The topological polar surface area (TPSA) is 50.9 Å². The van der Waals surface area contributed by atoms with Crippen molar-refractivity contribution in [1.29, 1.82) is 0 Å². The molecule has 2 aromatic heterocycles. The Morgan fingerprint density at radius 2 is 1.09 bits per heavy atom. The quantitative estimate of drug-likeness (QED) is 0.165. The van der Waals surface area contributed by atoms with Crippen LogP contribution in [0.25, 0.3) is 72.7 Å². The van der Waals surface area contributed by atoms with E-state index in [1.54, 1.807) is 0 Å². The van der Waals surface area contributed by atoms with Crippen molar-refractivity contribution in [3.05, 3.63) is 166 Å². The number of fused-ring (bicyclic) bond motifs is 1. The highest BCUT2D eigenvalue weighted by molar-refractivity contribution is 5.97. The zero-order valence-corrected chi connectivity index (χ0v) is 44.1. The molecule has 0 fully saturated rings. The molecule has 0 unspecified atom stereocenters. The number of imidazole rings is 1. The standard InChI is InChI=1S/C65H75N3O/c1-39(2)45-35-54(40(3)4)60(69)55(36-45)61-67-59-53(47-30-48(34-50(33-47)63(9,10)11)56-37-44(27-28-66-56)42-21-24-49(25-22-42)62(6,7)8)19-18-20-58(59)68(61)57-26-23-43(29-41(57)5)46-31-51(64(12,13)14)38-52(32-46)65(15,16)17/h18-40,69H,1-17H3/i5D3. The molecule has 0 saturated heterocycles. The van der Waals surface area contributed by atoms with Crippen LogP contribution in [0, 0.1) is 6.85 Å². The van der Waals surface area contributed by atoms with Gasteiger partial charge in [0.2, 0.25) is 0 Å². The molecule has 0 atom stereocenters. The summed E-state index contributed by atoms with van der Waals surface area (Å²) in [6, 6.07) is 42.6. The van der Waals surface area contributed by atoms with E-state index < -0.39 is 6.85 Å². The van der Waals surface area contributed by atoms with Gasteiger partial charge in [-0.1, -0.05) is 184 Å². The summed E-state index contributed by atoms with van der Waals surface area (Å²) < 4.78 is 29.5. The molecule has 8 rings (SSSR count). The maximum atomic E-state index is 12.4. The van der Waals surface area contributed by atoms with Crippen LogP contribution in [0.5, 0.6) is 5.75 Å². The van der Waals surface area contributed by atoms with Crippen LogP contribution in [0.15, 0.2) is 128 Å². The lowest BCUT2D eigenvalue weighted by Gasteiger charge is -2.26. The Kier molecular flexibility index (Phi) is 11.7. The molecule has 0 saturated carbocycles. The maximum Gasteiger partial charge on any atom is 0.149 e. The average Bonchev–Trinajstić information content (AvgIpc) is 3.69. The first kappa shape index (κ1) is 45.2. The van der Waals surface area contributed by atoms with Crippen molar-refractivity contribution in [2.45, 2.75) is 151 Å². The Bertz CT molecular complexity index is 3290. The number of aromatic nitrogens is 3. The first-order chi connectivity index (χ1) is 33.4. The van der Waals surface area contributed by atoms with E-state index in [1.807, 2.05) is 47.2 Å². The predicted octanol–water partition coefficient (Wildman–Crippen LogP) is 18.2. The van der Waals surface area contributed by atoms with Gasteiger partial charge in [0.25, 0.3) is 0 Å². The first-order valence-corrected chi connectivity index (χ1v) is 24.8. The van der Waals surface area contributed by atoms with Gasteiger partial charge in [0.1, 0.15) is 11.6 Å². The molecule has 0 spiro atoms. The largest absolute Gasteiger partial charge is 0.507 e. The Hall–Kier alpha value is -6.26. The molecule has 6 aromatic carbocycles. The van der Waals surface area contributed by atoms with Crippen LogP contribution < -0.4 is 0 Å². The van der Waals surface area contributed by atoms with Crippen LogP contribution in [0.1, 0.15) is 166 Å². The molecule has 4 nitrogen and oxygen atoms in total. The second kappa shape index (κ2) is 17.9. The number of benzene rings is 6. The minimum Gasteiger partial charge on any atom is -0.507 e. The van der Waals surface area contributed by atoms with Gasteiger partial charge >= 0.3 is 0 Å². The third-order valence-corrected chi connectivity index (χ3v) is 13.9. The zero-order chi connectivity index (χ0) is 52.6. The fraction of sp³-hybridized carbons (Fsp3) is 0.354. The highest BCUT2D eigenvalue weighted by atomic mass is 16.3. The third kappa shape index (κ3) is 9.96. The van der Waals surface area contributed by atoms with Crippen molar-refractivity contribution < 1.29 is 9.22 Å². The normalized spacial score (nSPS) is 13.6. The van der Waals surface area contributed by atoms with Crippen molar-refractivity contribution in [3.8, 4) is 67.5 Å². The third-order valence-electron chi connectivity index (χ3n) is 13.9. The average molecular weight is 917 g/mol. The molecular formula is C65H75N3O. The van der Waals surface area contributed by atoms with E-state index in [4.69, 9.17) is 9.97 Å². The lowest BCUT2D eigenvalue weighted by molar-refractivity contribution is 0.466. The molecule has 0 radical (unpaired) electrons. The molecule has 356 valence electrons. The lowest BCUT2D eigenvalue weighted by Crippen LogP contribution is -2.16. The van der Waals surface area contributed by atoms with Crippen LogP contribution in [0.3, 0.4) is 0 Å². The molecule has 0 bridgehead atoms. The fourth-order valence-electron chi connectivity index (χ4n) is 9.25. The number of rotatable bonds is 8. The molecule has 0 aliphatic rings. The predicted molar refractivity (Wildman–Crippen MR) is 295 cm³/mol. The first-order valence-electron chi connectivity index (χ1n) is 26.3. The van der Waals surface area contributed by atoms with Gasteiger partial charge in [0.15, 0.2) is 0 Å². The summed E-state index contributed by atoms with van der Waals surface area (Å²) in [7, 11) is 0. The highest BCUT2D eigenvalue weighted by Crippen LogP contribution is 2.44. The Morgan fingerprint density at radius 1 is 0.507 bits per heavy atom.